The molecule has 7 nitrogen and oxygen atoms in total. The number of aromatic nitrogens is 5. The van der Waals surface area contributed by atoms with Crippen molar-refractivity contribution in [3.63, 3.8) is 0 Å². The zero-order valence-electron chi connectivity index (χ0n) is 19.0. The Bertz CT molecular complexity index is 1100. The predicted octanol–water partition coefficient (Wildman–Crippen LogP) is 5.37. The van der Waals surface area contributed by atoms with Gasteiger partial charge in [0.05, 0.1) is 28.7 Å². The third-order valence-corrected chi connectivity index (χ3v) is 8.46. The van der Waals surface area contributed by atoms with E-state index in [4.69, 9.17) is 19.7 Å². The van der Waals surface area contributed by atoms with Crippen LogP contribution in [0.2, 0.25) is 0 Å². The molecule has 0 amide bonds. The van der Waals surface area contributed by atoms with E-state index in [1.165, 1.54) is 60.9 Å². The molecule has 170 valence electrons. The molecule has 2 aliphatic carbocycles. The summed E-state index contributed by atoms with van der Waals surface area (Å²) in [6, 6.07) is 0.600. The first-order chi connectivity index (χ1) is 15.7. The minimum atomic E-state index is 0.0754. The topological polar surface area (TPSA) is 69.0 Å². The van der Waals surface area contributed by atoms with Crippen LogP contribution in [0.5, 0.6) is 0 Å². The summed E-state index contributed by atoms with van der Waals surface area (Å²) in [6.07, 6.45) is 15.0. The van der Waals surface area contributed by atoms with Crippen molar-refractivity contribution in [3.05, 3.63) is 29.5 Å². The number of ether oxygens (including phenoxy) is 1. The Morgan fingerprint density at radius 2 is 1.84 bits per heavy atom. The highest BCUT2D eigenvalue weighted by molar-refractivity contribution is 7.22. The maximum atomic E-state index is 6.17. The van der Waals surface area contributed by atoms with Gasteiger partial charge in [-0.15, -0.1) is 0 Å². The summed E-state index contributed by atoms with van der Waals surface area (Å²) < 4.78 is 9.48. The molecule has 8 heteroatoms. The van der Waals surface area contributed by atoms with Crippen LogP contribution in [0.15, 0.2) is 12.4 Å². The molecule has 2 atom stereocenters. The zero-order valence-corrected chi connectivity index (χ0v) is 19.9. The van der Waals surface area contributed by atoms with Gasteiger partial charge in [-0.2, -0.15) is 10.1 Å². The van der Waals surface area contributed by atoms with Gasteiger partial charge in [0, 0.05) is 44.3 Å². The number of thiazole rings is 1. The molecule has 1 aliphatic heterocycles. The smallest absolute Gasteiger partial charge is 0.187 e. The van der Waals surface area contributed by atoms with Gasteiger partial charge in [-0.05, 0) is 38.5 Å². The first kappa shape index (κ1) is 20.5. The Morgan fingerprint density at radius 1 is 1.00 bits per heavy atom. The van der Waals surface area contributed by atoms with Crippen molar-refractivity contribution >= 4 is 26.8 Å². The quantitative estimate of drug-likeness (QED) is 0.519. The minimum Gasteiger partial charge on any atom is -0.373 e. The summed E-state index contributed by atoms with van der Waals surface area (Å²) in [7, 11) is 4.11. The SMILES string of the molecule is CN(C)c1nc2nc([C@H]3CCO[C@@H](c4cnn(C5CC5)c4)C3)nc(C3CCCCC3)c2s1. The Kier molecular flexibility index (Phi) is 5.38. The van der Waals surface area contributed by atoms with Gasteiger partial charge in [0.1, 0.15) is 5.82 Å². The van der Waals surface area contributed by atoms with Gasteiger partial charge in [-0.1, -0.05) is 30.6 Å². The number of rotatable bonds is 5. The molecule has 0 bridgehead atoms. The highest BCUT2D eigenvalue weighted by atomic mass is 32.1. The summed E-state index contributed by atoms with van der Waals surface area (Å²) in [5.41, 5.74) is 3.33. The van der Waals surface area contributed by atoms with E-state index in [9.17, 15) is 0 Å². The van der Waals surface area contributed by atoms with Crippen LogP contribution in [0.4, 0.5) is 5.13 Å². The summed E-state index contributed by atoms with van der Waals surface area (Å²) in [5, 5.41) is 5.59. The first-order valence-electron chi connectivity index (χ1n) is 12.2. The maximum absolute atomic E-state index is 6.17. The number of hydrogen-bond acceptors (Lipinski definition) is 7. The van der Waals surface area contributed by atoms with E-state index in [2.05, 4.69) is 35.0 Å². The van der Waals surface area contributed by atoms with Gasteiger partial charge < -0.3 is 9.64 Å². The molecule has 2 saturated carbocycles. The molecule has 0 radical (unpaired) electrons. The molecular weight excluding hydrogens is 420 g/mol. The molecule has 3 aromatic rings. The van der Waals surface area contributed by atoms with Gasteiger partial charge in [-0.25, -0.2) is 9.97 Å². The van der Waals surface area contributed by atoms with Crippen LogP contribution >= 0.6 is 11.3 Å². The number of hydrogen-bond donors (Lipinski definition) is 0. The molecule has 0 aromatic carbocycles. The maximum Gasteiger partial charge on any atom is 0.187 e. The second-order valence-corrected chi connectivity index (χ2v) is 10.9. The van der Waals surface area contributed by atoms with Gasteiger partial charge >= 0.3 is 0 Å². The molecule has 0 unspecified atom stereocenters. The van der Waals surface area contributed by atoms with Crippen molar-refractivity contribution in [2.24, 2.45) is 0 Å². The molecule has 1 saturated heterocycles. The average molecular weight is 453 g/mol. The van der Waals surface area contributed by atoms with Gasteiger partial charge in [-0.3, -0.25) is 4.68 Å². The monoisotopic (exact) mass is 452 g/mol. The van der Waals surface area contributed by atoms with Crippen molar-refractivity contribution in [2.45, 2.75) is 81.8 Å². The lowest BCUT2D eigenvalue weighted by Crippen LogP contribution is -2.21. The first-order valence-corrected chi connectivity index (χ1v) is 13.0. The fourth-order valence-electron chi connectivity index (χ4n) is 5.20. The minimum absolute atomic E-state index is 0.0754. The van der Waals surface area contributed by atoms with Gasteiger partial charge in [0.2, 0.25) is 0 Å². The van der Waals surface area contributed by atoms with Crippen LogP contribution in [0, 0.1) is 0 Å². The molecule has 3 aliphatic rings. The Labute approximate surface area is 193 Å². The second-order valence-electron chi connectivity index (χ2n) is 9.91. The van der Waals surface area contributed by atoms with E-state index >= 15 is 0 Å². The summed E-state index contributed by atoms with van der Waals surface area (Å²) in [4.78, 5) is 17.2. The van der Waals surface area contributed by atoms with Crippen molar-refractivity contribution < 1.29 is 4.74 Å². The zero-order chi connectivity index (χ0) is 21.7. The average Bonchev–Trinajstić information content (AvgIpc) is 3.38. The lowest BCUT2D eigenvalue weighted by atomic mass is 9.86. The lowest BCUT2D eigenvalue weighted by Gasteiger charge is -2.29. The fourth-order valence-corrected chi connectivity index (χ4v) is 6.20. The van der Waals surface area contributed by atoms with Gasteiger partial charge in [0.25, 0.3) is 0 Å². The molecule has 0 spiro atoms. The van der Waals surface area contributed by atoms with Crippen LogP contribution in [-0.4, -0.2) is 45.4 Å². The van der Waals surface area contributed by atoms with E-state index in [-0.39, 0.29) is 6.10 Å². The molecule has 6 rings (SSSR count). The molecule has 32 heavy (non-hydrogen) atoms. The van der Waals surface area contributed by atoms with Crippen LogP contribution in [-0.2, 0) is 4.74 Å². The van der Waals surface area contributed by atoms with Crippen LogP contribution < -0.4 is 4.90 Å². The standard InChI is InChI=1S/C24H32N6OS/c1-29(2)24-28-23-21(32-24)20(15-6-4-3-5-7-15)26-22(27-23)16-10-11-31-19(12-16)17-13-25-30(14-17)18-8-9-18/h13-16,18-19H,3-12H2,1-2H3/t16-,19+/m0/s1. The van der Waals surface area contributed by atoms with Crippen LogP contribution in [0.1, 0.15) is 98.9 Å². The van der Waals surface area contributed by atoms with Crippen molar-refractivity contribution in [3.8, 4) is 0 Å². The number of fused-ring (bicyclic) bond motifs is 1. The highest BCUT2D eigenvalue weighted by Crippen LogP contribution is 2.42. The molecule has 4 heterocycles. The fraction of sp³-hybridized carbons (Fsp3) is 0.667. The molecule has 3 fully saturated rings. The Balaban J connectivity index is 1.32. The van der Waals surface area contributed by atoms with E-state index in [0.717, 1.165) is 36.1 Å². The Hall–Kier alpha value is -2.06. The van der Waals surface area contributed by atoms with Crippen LogP contribution in [0.25, 0.3) is 10.3 Å². The molecular formula is C24H32N6OS. The van der Waals surface area contributed by atoms with Crippen LogP contribution in [0.3, 0.4) is 0 Å². The van der Waals surface area contributed by atoms with Crippen molar-refractivity contribution in [2.75, 3.05) is 25.6 Å². The van der Waals surface area contributed by atoms with E-state index in [1.807, 2.05) is 6.20 Å². The third kappa shape index (κ3) is 3.92. The summed E-state index contributed by atoms with van der Waals surface area (Å²) in [6.45, 7) is 0.740. The lowest BCUT2D eigenvalue weighted by molar-refractivity contribution is 0.00391. The number of nitrogens with zero attached hydrogens (tertiary/aromatic N) is 6. The second kappa shape index (κ2) is 8.37. The van der Waals surface area contributed by atoms with Crippen molar-refractivity contribution in [1.82, 2.24) is 24.7 Å². The normalized spacial score (nSPS) is 24.8. The molecule has 3 aromatic heterocycles. The van der Waals surface area contributed by atoms with E-state index in [1.54, 1.807) is 11.3 Å². The van der Waals surface area contributed by atoms with Crippen molar-refractivity contribution in [1.29, 1.82) is 0 Å². The summed E-state index contributed by atoms with van der Waals surface area (Å²) in [5.74, 6) is 1.81. The summed E-state index contributed by atoms with van der Waals surface area (Å²) >= 11 is 1.74. The largest absolute Gasteiger partial charge is 0.373 e. The van der Waals surface area contributed by atoms with Gasteiger partial charge in [0.15, 0.2) is 10.8 Å². The number of anilines is 1. The Morgan fingerprint density at radius 3 is 2.62 bits per heavy atom. The van der Waals surface area contributed by atoms with E-state index < -0.39 is 0 Å². The highest BCUT2D eigenvalue weighted by Gasteiger charge is 2.32. The van der Waals surface area contributed by atoms with E-state index in [0.29, 0.717) is 17.9 Å². The third-order valence-electron chi connectivity index (χ3n) is 7.22. The predicted molar refractivity (Wildman–Crippen MR) is 127 cm³/mol. The molecule has 0 N–H and O–H groups in total.